The maximum absolute atomic E-state index is 14.4. The van der Waals surface area contributed by atoms with Crippen LogP contribution in [0, 0.1) is 5.82 Å². The topological polar surface area (TPSA) is 118 Å². The second-order valence-corrected chi connectivity index (χ2v) is 12.6. The van der Waals surface area contributed by atoms with Crippen molar-refractivity contribution in [3.05, 3.63) is 92.1 Å². The number of nitrogens with zero attached hydrogens (tertiary/aromatic N) is 4. The number of amides is 3. The number of nitrogens with one attached hydrogen (secondary N) is 2. The lowest BCUT2D eigenvalue weighted by atomic mass is 9.97. The van der Waals surface area contributed by atoms with Crippen LogP contribution in [0.5, 0.6) is 5.75 Å². The molecule has 13 heteroatoms. The van der Waals surface area contributed by atoms with E-state index >= 15 is 0 Å². The third-order valence-corrected chi connectivity index (χ3v) is 9.37. The largest absolute Gasteiger partial charge is 0.497 e. The van der Waals surface area contributed by atoms with Crippen LogP contribution in [0.3, 0.4) is 0 Å². The molecular formula is C34H40ClFN6O5. The van der Waals surface area contributed by atoms with Gasteiger partial charge in [0.15, 0.2) is 0 Å². The molecule has 0 radical (unpaired) electrons. The number of hydrogen-bond acceptors (Lipinski definition) is 6. The Hall–Kier alpha value is -4.58. The molecule has 250 valence electrons. The number of allylic oxidation sites excluding steroid dienone is 1. The Bertz CT molecular complexity index is 1820. The summed E-state index contributed by atoms with van der Waals surface area (Å²) in [6.07, 6.45) is 2.79. The van der Waals surface area contributed by atoms with Crippen LogP contribution in [0.2, 0.25) is 5.02 Å². The summed E-state index contributed by atoms with van der Waals surface area (Å²) in [4.78, 5) is 56.2. The van der Waals surface area contributed by atoms with E-state index in [9.17, 15) is 23.6 Å². The molecule has 5 rings (SSSR count). The molecule has 2 unspecified atom stereocenters. The van der Waals surface area contributed by atoms with Gasteiger partial charge in [-0.2, -0.15) is 0 Å². The third-order valence-electron chi connectivity index (χ3n) is 8.98. The molecule has 3 amide bonds. The van der Waals surface area contributed by atoms with Gasteiger partial charge in [0.05, 0.1) is 30.3 Å². The van der Waals surface area contributed by atoms with E-state index < -0.39 is 23.1 Å². The third kappa shape index (κ3) is 7.07. The highest BCUT2D eigenvalue weighted by atomic mass is 35.5. The molecule has 0 aliphatic carbocycles. The summed E-state index contributed by atoms with van der Waals surface area (Å²) in [7, 11) is 1.62. The molecule has 0 bridgehead atoms. The normalized spacial score (nSPS) is 17.4. The molecule has 11 nitrogen and oxygen atoms in total. The molecule has 2 aliphatic heterocycles. The number of methoxy groups -OCH3 is 1. The number of aromatic nitrogens is 2. The van der Waals surface area contributed by atoms with Gasteiger partial charge in [-0.3, -0.25) is 18.7 Å². The van der Waals surface area contributed by atoms with Crippen molar-refractivity contribution in [1.29, 1.82) is 0 Å². The standard InChI is InChI=1S/C34H40ClFN6O5/c1-20-17-41(33(45)38-30-10-9-25(47-5)15-27(20)30)24-11-13-39(14-12-24)22(3)18-40-19-28(26-7-6-8-29(36)31(26)35)32(44)42(34(40)46)21(2)16-37-23(4)43/h6-10,15,19-21,24H,3,11-14,16-18H2,1-2,4-5H3,(H,37,43)(H,38,45). The summed E-state index contributed by atoms with van der Waals surface area (Å²) >= 11 is 6.27. The summed E-state index contributed by atoms with van der Waals surface area (Å²) in [5, 5.41) is 5.48. The summed E-state index contributed by atoms with van der Waals surface area (Å²) in [5.41, 5.74) is 1.43. The van der Waals surface area contributed by atoms with Crippen molar-refractivity contribution in [1.82, 2.24) is 24.3 Å². The van der Waals surface area contributed by atoms with Gasteiger partial charge < -0.3 is 25.2 Å². The van der Waals surface area contributed by atoms with Crippen molar-refractivity contribution < 1.29 is 18.7 Å². The molecule has 2 atom stereocenters. The average Bonchev–Trinajstić information content (AvgIpc) is 3.17. The van der Waals surface area contributed by atoms with E-state index in [4.69, 9.17) is 16.3 Å². The fraction of sp³-hybridized carbons (Fsp3) is 0.412. The van der Waals surface area contributed by atoms with Crippen molar-refractivity contribution in [2.45, 2.75) is 58.2 Å². The van der Waals surface area contributed by atoms with Crippen molar-refractivity contribution in [2.75, 3.05) is 38.6 Å². The highest BCUT2D eigenvalue weighted by Gasteiger charge is 2.33. The number of benzene rings is 2. The lowest BCUT2D eigenvalue weighted by molar-refractivity contribution is -0.119. The Kier molecular flexibility index (Phi) is 10.1. The van der Waals surface area contributed by atoms with Gasteiger partial charge in [-0.25, -0.2) is 14.0 Å². The van der Waals surface area contributed by atoms with Crippen LogP contribution in [0.4, 0.5) is 14.9 Å². The Morgan fingerprint density at radius 3 is 2.57 bits per heavy atom. The van der Waals surface area contributed by atoms with Gasteiger partial charge in [-0.15, -0.1) is 0 Å². The quantitative estimate of drug-likeness (QED) is 0.339. The highest BCUT2D eigenvalue weighted by molar-refractivity contribution is 6.33. The molecule has 2 aliphatic rings. The monoisotopic (exact) mass is 666 g/mol. The Morgan fingerprint density at radius 1 is 1.17 bits per heavy atom. The maximum Gasteiger partial charge on any atom is 0.331 e. The van der Waals surface area contributed by atoms with Crippen LogP contribution in [0.1, 0.15) is 51.1 Å². The second kappa shape index (κ2) is 14.0. The zero-order chi connectivity index (χ0) is 34.0. The molecule has 1 aromatic heterocycles. The van der Waals surface area contributed by atoms with E-state index in [-0.39, 0.29) is 53.1 Å². The number of carbonyl (C=O) groups is 2. The fourth-order valence-corrected chi connectivity index (χ4v) is 6.59. The molecule has 3 aromatic rings. The van der Waals surface area contributed by atoms with Crippen LogP contribution >= 0.6 is 11.6 Å². The Balaban J connectivity index is 1.35. The Morgan fingerprint density at radius 2 is 1.89 bits per heavy atom. The first-order valence-electron chi connectivity index (χ1n) is 15.6. The summed E-state index contributed by atoms with van der Waals surface area (Å²) in [6, 6.07) is 9.01. The van der Waals surface area contributed by atoms with Gasteiger partial charge in [0.2, 0.25) is 5.91 Å². The Labute approximate surface area is 277 Å². The predicted octanol–water partition coefficient (Wildman–Crippen LogP) is 4.80. The number of rotatable bonds is 9. The van der Waals surface area contributed by atoms with Crippen LogP contribution in [0.15, 0.2) is 64.5 Å². The molecule has 1 fully saturated rings. The fourth-order valence-electron chi connectivity index (χ4n) is 6.36. The lowest BCUT2D eigenvalue weighted by Crippen LogP contribution is -2.49. The predicted molar refractivity (Wildman–Crippen MR) is 180 cm³/mol. The molecule has 1 saturated heterocycles. The smallest absolute Gasteiger partial charge is 0.331 e. The number of piperidine rings is 1. The summed E-state index contributed by atoms with van der Waals surface area (Å²) in [6.45, 7) is 11.2. The van der Waals surface area contributed by atoms with E-state index in [2.05, 4.69) is 29.0 Å². The van der Waals surface area contributed by atoms with Crippen LogP contribution in [-0.4, -0.2) is 70.2 Å². The van der Waals surface area contributed by atoms with Gasteiger partial charge in [-0.1, -0.05) is 37.2 Å². The SMILES string of the molecule is C=C(Cn1cc(-c2cccc(F)c2Cl)c(=O)n(C(C)CNC(C)=O)c1=O)N1CCC(N2CC(C)c3cc(OC)ccc3NC2=O)CC1. The van der Waals surface area contributed by atoms with Gasteiger partial charge in [0.25, 0.3) is 5.56 Å². The van der Waals surface area contributed by atoms with Gasteiger partial charge in [0.1, 0.15) is 11.6 Å². The summed E-state index contributed by atoms with van der Waals surface area (Å²) < 4.78 is 22.2. The second-order valence-electron chi connectivity index (χ2n) is 12.2. The van der Waals surface area contributed by atoms with E-state index in [0.717, 1.165) is 21.6 Å². The van der Waals surface area contributed by atoms with Crippen molar-refractivity contribution in [3.8, 4) is 16.9 Å². The number of urea groups is 1. The maximum atomic E-state index is 14.4. The minimum Gasteiger partial charge on any atom is -0.497 e. The van der Waals surface area contributed by atoms with E-state index in [1.165, 1.54) is 35.9 Å². The molecular weight excluding hydrogens is 627 g/mol. The van der Waals surface area contributed by atoms with Crippen molar-refractivity contribution in [3.63, 3.8) is 0 Å². The van der Waals surface area contributed by atoms with Gasteiger partial charge in [-0.05, 0) is 49.6 Å². The molecule has 3 heterocycles. The van der Waals surface area contributed by atoms with Crippen LogP contribution in [0.25, 0.3) is 11.1 Å². The van der Waals surface area contributed by atoms with Crippen molar-refractivity contribution >= 4 is 29.2 Å². The number of hydrogen-bond donors (Lipinski definition) is 2. The average molecular weight is 667 g/mol. The van der Waals surface area contributed by atoms with E-state index in [0.29, 0.717) is 38.2 Å². The number of likely N-dealkylation sites (tertiary alicyclic amines) is 1. The zero-order valence-corrected chi connectivity index (χ0v) is 27.8. The van der Waals surface area contributed by atoms with E-state index in [1.807, 2.05) is 23.1 Å². The molecule has 0 spiro atoms. The van der Waals surface area contributed by atoms with Crippen LogP contribution in [-0.2, 0) is 11.3 Å². The summed E-state index contributed by atoms with van der Waals surface area (Å²) in [5.74, 6) is -0.151. The zero-order valence-electron chi connectivity index (χ0n) is 27.0. The minimum absolute atomic E-state index is 0.0127. The number of halogens is 2. The number of anilines is 1. The molecule has 0 saturated carbocycles. The lowest BCUT2D eigenvalue weighted by Gasteiger charge is -2.40. The van der Waals surface area contributed by atoms with E-state index in [1.54, 1.807) is 14.0 Å². The number of ether oxygens (including phenoxy) is 1. The number of fused-ring (bicyclic) bond motifs is 1. The highest BCUT2D eigenvalue weighted by Crippen LogP contribution is 2.34. The van der Waals surface area contributed by atoms with Gasteiger partial charge >= 0.3 is 11.7 Å². The molecule has 2 aromatic carbocycles. The minimum atomic E-state index is -0.698. The van der Waals surface area contributed by atoms with Crippen molar-refractivity contribution in [2.24, 2.45) is 0 Å². The first kappa shape index (κ1) is 33.8. The first-order valence-corrected chi connectivity index (χ1v) is 16.0. The van der Waals surface area contributed by atoms with Crippen LogP contribution < -0.4 is 26.6 Å². The molecule has 47 heavy (non-hydrogen) atoms. The first-order chi connectivity index (χ1) is 22.4. The number of carbonyl (C=O) groups excluding carboxylic acids is 2. The molecule has 2 N–H and O–H groups in total. The van der Waals surface area contributed by atoms with Gasteiger partial charge in [0, 0.05) is 68.2 Å².